The Morgan fingerprint density at radius 3 is 2.71 bits per heavy atom. The van der Waals surface area contributed by atoms with Gasteiger partial charge in [-0.1, -0.05) is 25.2 Å². The smallest absolute Gasteiger partial charge is 0.333 e. The summed E-state index contributed by atoms with van der Waals surface area (Å²) < 4.78 is 7.15. The number of esters is 1. The number of carbonyl (C=O) groups excluding carboxylic acids is 1. The van der Waals surface area contributed by atoms with Crippen molar-refractivity contribution in [2.24, 2.45) is 0 Å². The maximum absolute atomic E-state index is 11.7. The molecule has 6 heteroatoms. The van der Waals surface area contributed by atoms with Crippen molar-refractivity contribution in [1.29, 1.82) is 0 Å². The van der Waals surface area contributed by atoms with Crippen LogP contribution in [0.4, 0.5) is 0 Å². The van der Waals surface area contributed by atoms with E-state index in [0.717, 1.165) is 31.2 Å². The Hall–Kier alpha value is -1.69. The van der Waals surface area contributed by atoms with E-state index in [-0.39, 0.29) is 11.7 Å². The van der Waals surface area contributed by atoms with Crippen LogP contribution in [0, 0.1) is 11.6 Å². The van der Waals surface area contributed by atoms with Gasteiger partial charge in [-0.25, -0.2) is 9.59 Å². The van der Waals surface area contributed by atoms with Crippen LogP contribution in [-0.2, 0) is 16.1 Å². The van der Waals surface area contributed by atoms with Crippen LogP contribution in [0.25, 0.3) is 0 Å². The van der Waals surface area contributed by atoms with Gasteiger partial charge in [-0.05, 0) is 33.1 Å². The molecule has 0 saturated heterocycles. The summed E-state index contributed by atoms with van der Waals surface area (Å²) in [7, 11) is 0. The van der Waals surface area contributed by atoms with E-state index in [2.05, 4.69) is 11.6 Å². The number of nitrogens with one attached hydrogen (secondary N) is 1. The van der Waals surface area contributed by atoms with Crippen molar-refractivity contribution < 1.29 is 9.53 Å². The Morgan fingerprint density at radius 1 is 1.38 bits per heavy atom. The van der Waals surface area contributed by atoms with Gasteiger partial charge in [-0.15, -0.1) is 0 Å². The Morgan fingerprint density at radius 2 is 2.05 bits per heavy atom. The van der Waals surface area contributed by atoms with Gasteiger partial charge in [0, 0.05) is 23.9 Å². The average molecular weight is 310 g/mol. The predicted octanol–water partition coefficient (Wildman–Crippen LogP) is 2.89. The first-order valence-corrected chi connectivity index (χ1v) is 7.45. The standard InChI is InChI=1S/C15H22N2O3S/c1-11(2)14(18)20-9-7-5-4-6-8-17-10-12(3)13(21)16-15(17)19/h10H,1,4-9H2,2-3H3,(H,16,19,21). The van der Waals surface area contributed by atoms with Crippen LogP contribution >= 0.6 is 12.2 Å². The maximum atomic E-state index is 11.7. The molecule has 0 aromatic carbocycles. The van der Waals surface area contributed by atoms with Crippen molar-refractivity contribution in [3.05, 3.63) is 39.0 Å². The van der Waals surface area contributed by atoms with Gasteiger partial charge in [0.1, 0.15) is 4.64 Å². The number of H-pyrrole nitrogens is 1. The van der Waals surface area contributed by atoms with Crippen LogP contribution in [0.2, 0.25) is 0 Å². The first-order valence-electron chi connectivity index (χ1n) is 7.05. The second-order valence-corrected chi connectivity index (χ2v) is 5.50. The van der Waals surface area contributed by atoms with Crippen LogP contribution < -0.4 is 5.69 Å². The largest absolute Gasteiger partial charge is 0.462 e. The van der Waals surface area contributed by atoms with E-state index < -0.39 is 0 Å². The molecule has 0 saturated carbocycles. The minimum Gasteiger partial charge on any atom is -0.462 e. The second kappa shape index (κ2) is 8.56. The molecule has 1 rings (SSSR count). The first-order chi connectivity index (χ1) is 9.91. The van der Waals surface area contributed by atoms with E-state index in [1.54, 1.807) is 17.7 Å². The number of unbranched alkanes of at least 4 members (excludes halogenated alkanes) is 3. The molecule has 21 heavy (non-hydrogen) atoms. The Labute approximate surface area is 129 Å². The fourth-order valence-corrected chi connectivity index (χ4v) is 1.95. The third-order valence-corrected chi connectivity index (χ3v) is 3.49. The van der Waals surface area contributed by atoms with Crippen LogP contribution in [0.15, 0.2) is 23.1 Å². The van der Waals surface area contributed by atoms with Gasteiger partial charge in [0.15, 0.2) is 0 Å². The lowest BCUT2D eigenvalue weighted by Crippen LogP contribution is -2.23. The summed E-state index contributed by atoms with van der Waals surface area (Å²) in [5.41, 5.74) is 1.16. The van der Waals surface area contributed by atoms with Crippen LogP contribution in [-0.4, -0.2) is 22.1 Å². The normalized spacial score (nSPS) is 10.4. The highest BCUT2D eigenvalue weighted by Gasteiger charge is 2.02. The number of aryl methyl sites for hydroxylation is 2. The van der Waals surface area contributed by atoms with Crippen LogP contribution in [0.1, 0.15) is 38.2 Å². The molecular formula is C15H22N2O3S. The average Bonchev–Trinajstić information content (AvgIpc) is 2.42. The molecule has 0 aliphatic rings. The number of aromatic amines is 1. The molecule has 0 radical (unpaired) electrons. The number of nitrogens with zero attached hydrogens (tertiary/aromatic N) is 1. The SMILES string of the molecule is C=C(C)C(=O)OCCCCCCn1cc(C)c(=S)[nH]c1=O. The molecule has 0 atom stereocenters. The van der Waals surface area contributed by atoms with Gasteiger partial charge in [0.05, 0.1) is 6.61 Å². The number of ether oxygens (including phenoxy) is 1. The molecule has 0 aliphatic carbocycles. The van der Waals surface area contributed by atoms with Gasteiger partial charge in [-0.3, -0.25) is 4.98 Å². The highest BCUT2D eigenvalue weighted by Crippen LogP contribution is 2.03. The molecule has 0 bridgehead atoms. The summed E-state index contributed by atoms with van der Waals surface area (Å²) in [6.07, 6.45) is 5.45. The molecule has 1 aromatic rings. The molecule has 116 valence electrons. The fraction of sp³-hybridized carbons (Fsp3) is 0.533. The van der Waals surface area contributed by atoms with E-state index in [1.807, 2.05) is 6.92 Å². The quantitative estimate of drug-likeness (QED) is 0.347. The molecule has 1 N–H and O–H groups in total. The van der Waals surface area contributed by atoms with E-state index in [1.165, 1.54) is 0 Å². The number of carbonyl (C=O) groups is 1. The van der Waals surface area contributed by atoms with Gasteiger partial charge in [0.2, 0.25) is 0 Å². The lowest BCUT2D eigenvalue weighted by atomic mass is 10.2. The molecule has 0 aliphatic heterocycles. The summed E-state index contributed by atoms with van der Waals surface area (Å²) in [6.45, 7) is 8.12. The minimum absolute atomic E-state index is 0.166. The monoisotopic (exact) mass is 310 g/mol. The van der Waals surface area contributed by atoms with Gasteiger partial charge in [0.25, 0.3) is 0 Å². The summed E-state index contributed by atoms with van der Waals surface area (Å²) in [5.74, 6) is -0.337. The zero-order chi connectivity index (χ0) is 15.8. The summed E-state index contributed by atoms with van der Waals surface area (Å²) in [6, 6.07) is 0. The highest BCUT2D eigenvalue weighted by atomic mass is 32.1. The molecule has 5 nitrogen and oxygen atoms in total. The number of hydrogen-bond acceptors (Lipinski definition) is 4. The maximum Gasteiger partial charge on any atom is 0.333 e. The zero-order valence-corrected chi connectivity index (χ0v) is 13.4. The molecule has 1 heterocycles. The number of aromatic nitrogens is 2. The van der Waals surface area contributed by atoms with Crippen molar-refractivity contribution in [3.8, 4) is 0 Å². The van der Waals surface area contributed by atoms with E-state index in [9.17, 15) is 9.59 Å². The summed E-state index contributed by atoms with van der Waals surface area (Å²) in [4.78, 5) is 25.5. The van der Waals surface area contributed by atoms with Crippen molar-refractivity contribution in [3.63, 3.8) is 0 Å². The molecule has 0 amide bonds. The number of hydrogen-bond donors (Lipinski definition) is 1. The number of rotatable bonds is 8. The van der Waals surface area contributed by atoms with Crippen LogP contribution in [0.5, 0.6) is 0 Å². The van der Waals surface area contributed by atoms with E-state index in [0.29, 0.717) is 23.4 Å². The van der Waals surface area contributed by atoms with E-state index in [4.69, 9.17) is 17.0 Å². The van der Waals surface area contributed by atoms with E-state index >= 15 is 0 Å². The highest BCUT2D eigenvalue weighted by molar-refractivity contribution is 7.71. The van der Waals surface area contributed by atoms with Crippen molar-refractivity contribution in [1.82, 2.24) is 9.55 Å². The topological polar surface area (TPSA) is 64.1 Å². The fourth-order valence-electron chi connectivity index (χ4n) is 1.81. The van der Waals surface area contributed by atoms with Crippen molar-refractivity contribution in [2.75, 3.05) is 6.61 Å². The zero-order valence-electron chi connectivity index (χ0n) is 12.6. The molecular weight excluding hydrogens is 288 g/mol. The van der Waals surface area contributed by atoms with Crippen molar-refractivity contribution >= 4 is 18.2 Å². The Kier molecular flexibility index (Phi) is 7.08. The molecule has 0 spiro atoms. The molecule has 1 aromatic heterocycles. The third kappa shape index (κ3) is 6.08. The van der Waals surface area contributed by atoms with Gasteiger partial charge in [-0.2, -0.15) is 0 Å². The lowest BCUT2D eigenvalue weighted by molar-refractivity contribution is -0.139. The summed E-state index contributed by atoms with van der Waals surface area (Å²) >= 11 is 5.01. The van der Waals surface area contributed by atoms with Gasteiger partial charge >= 0.3 is 11.7 Å². The second-order valence-electron chi connectivity index (χ2n) is 5.10. The summed E-state index contributed by atoms with van der Waals surface area (Å²) in [5, 5.41) is 0. The first kappa shape index (κ1) is 17.4. The lowest BCUT2D eigenvalue weighted by Gasteiger charge is -2.07. The Balaban J connectivity index is 2.22. The predicted molar refractivity (Wildman–Crippen MR) is 84.9 cm³/mol. The Bertz CT molecular complexity index is 616. The van der Waals surface area contributed by atoms with Gasteiger partial charge < -0.3 is 9.30 Å². The molecule has 0 fully saturated rings. The van der Waals surface area contributed by atoms with Crippen LogP contribution in [0.3, 0.4) is 0 Å². The minimum atomic E-state index is -0.337. The third-order valence-electron chi connectivity index (χ3n) is 3.06. The molecule has 0 unspecified atom stereocenters. The van der Waals surface area contributed by atoms with Crippen molar-refractivity contribution in [2.45, 2.75) is 46.1 Å².